The summed E-state index contributed by atoms with van der Waals surface area (Å²) in [5, 5.41) is 6.05. The number of nitrogens with zero attached hydrogens (tertiary/aromatic N) is 1. The molecule has 35 heavy (non-hydrogen) atoms. The number of amides is 2. The van der Waals surface area contributed by atoms with Gasteiger partial charge in [0, 0.05) is 29.4 Å². The number of piperidine rings is 1. The van der Waals surface area contributed by atoms with Crippen molar-refractivity contribution < 1.29 is 18.0 Å². The Morgan fingerprint density at radius 3 is 2.37 bits per heavy atom. The number of fused-ring (bicyclic) bond motifs is 3. The predicted molar refractivity (Wildman–Crippen MR) is 134 cm³/mol. The number of carbonyl (C=O) groups excluding carboxylic acids is 2. The molecule has 186 valence electrons. The molecule has 2 bridgehead atoms. The van der Waals surface area contributed by atoms with Crippen LogP contribution in [-0.2, 0) is 26.8 Å². The van der Waals surface area contributed by atoms with Gasteiger partial charge in [-0.2, -0.15) is 4.31 Å². The summed E-state index contributed by atoms with van der Waals surface area (Å²) in [7, 11) is -3.66. The first-order chi connectivity index (χ1) is 16.4. The molecule has 3 atom stereocenters. The van der Waals surface area contributed by atoms with Crippen LogP contribution in [0.15, 0.2) is 41.3 Å². The van der Waals surface area contributed by atoms with Crippen molar-refractivity contribution in [1.29, 1.82) is 0 Å². The van der Waals surface area contributed by atoms with Crippen LogP contribution in [0.2, 0.25) is 5.02 Å². The van der Waals surface area contributed by atoms with Crippen molar-refractivity contribution in [3.8, 4) is 0 Å². The third-order valence-electron chi connectivity index (χ3n) is 7.24. The monoisotopic (exact) mass is 516 g/mol. The molecule has 8 nitrogen and oxygen atoms in total. The van der Waals surface area contributed by atoms with Crippen LogP contribution in [-0.4, -0.2) is 42.7 Å². The van der Waals surface area contributed by atoms with E-state index in [9.17, 15) is 18.0 Å². The average Bonchev–Trinajstić information content (AvgIpc) is 3.28. The second kappa shape index (κ2) is 8.58. The van der Waals surface area contributed by atoms with Crippen molar-refractivity contribution in [2.45, 2.75) is 74.5 Å². The summed E-state index contributed by atoms with van der Waals surface area (Å²) >= 11 is 6.32. The maximum atomic E-state index is 13.5. The van der Waals surface area contributed by atoms with Gasteiger partial charge in [0.15, 0.2) is 0 Å². The lowest BCUT2D eigenvalue weighted by Crippen LogP contribution is -2.52. The molecule has 10 heteroatoms. The Morgan fingerprint density at radius 2 is 1.77 bits per heavy atom. The third kappa shape index (κ3) is 4.46. The van der Waals surface area contributed by atoms with E-state index in [2.05, 4.69) is 10.6 Å². The van der Waals surface area contributed by atoms with Gasteiger partial charge in [0.2, 0.25) is 15.9 Å². The van der Waals surface area contributed by atoms with Gasteiger partial charge in [0.05, 0.1) is 21.9 Å². The maximum Gasteiger partial charge on any atom is 0.253 e. The van der Waals surface area contributed by atoms with Gasteiger partial charge in [-0.3, -0.25) is 9.59 Å². The topological polar surface area (TPSA) is 122 Å². The molecule has 2 fully saturated rings. The van der Waals surface area contributed by atoms with Crippen molar-refractivity contribution in [2.24, 2.45) is 5.73 Å². The van der Waals surface area contributed by atoms with Gasteiger partial charge in [-0.1, -0.05) is 23.7 Å². The number of halogens is 1. The highest BCUT2D eigenvalue weighted by atomic mass is 35.5. The molecular formula is C25H29ClN4O4S. The zero-order valence-electron chi connectivity index (χ0n) is 19.7. The number of nitrogens with two attached hydrogens (primary N) is 1. The van der Waals surface area contributed by atoms with E-state index in [0.29, 0.717) is 24.1 Å². The van der Waals surface area contributed by atoms with Crippen molar-refractivity contribution in [3.05, 3.63) is 58.1 Å². The lowest BCUT2D eigenvalue weighted by atomic mass is 9.96. The Kier molecular flexibility index (Phi) is 5.95. The Labute approximate surface area is 210 Å². The smallest absolute Gasteiger partial charge is 0.253 e. The first-order valence-corrected chi connectivity index (χ1v) is 13.6. The summed E-state index contributed by atoms with van der Waals surface area (Å²) in [4.78, 5) is 24.9. The largest absolute Gasteiger partial charge is 0.349 e. The molecule has 5 rings (SSSR count). The number of nitrogens with one attached hydrogen (secondary N) is 2. The number of hydrogen-bond donors (Lipinski definition) is 3. The SMILES string of the molecule is CC(C)(N)c1ccc(S(=O)(=O)N2[C@@H]3CC[C@H]2C[C@H](NC(=O)c2cc4c(cc2Cl)NC(=O)C4)C3)cc1. The Morgan fingerprint density at radius 1 is 1.14 bits per heavy atom. The van der Waals surface area contributed by atoms with E-state index in [1.807, 2.05) is 13.8 Å². The minimum absolute atomic E-state index is 0.125. The van der Waals surface area contributed by atoms with Crippen molar-refractivity contribution in [2.75, 3.05) is 5.32 Å². The summed E-state index contributed by atoms with van der Waals surface area (Å²) < 4.78 is 28.6. The summed E-state index contributed by atoms with van der Waals surface area (Å²) in [6, 6.07) is 9.55. The fourth-order valence-corrected chi connectivity index (χ4v) is 7.65. The standard InChI is InChI=1S/C25H29ClN4O4S/c1-25(2,27)15-3-7-19(8-4-15)35(33,34)30-17-5-6-18(30)12-16(11-17)28-24(32)20-9-14-10-23(31)29-22(14)13-21(20)26/h3-4,7-9,13,16-18H,5-6,10-12,27H2,1-2H3,(H,28,32)(H,29,31)/t16-,17-,18+. The second-order valence-corrected chi connectivity index (χ2v) is 12.6. The molecule has 3 aliphatic heterocycles. The van der Waals surface area contributed by atoms with Crippen molar-refractivity contribution in [3.63, 3.8) is 0 Å². The minimum atomic E-state index is -3.66. The average molecular weight is 517 g/mol. The summed E-state index contributed by atoms with van der Waals surface area (Å²) in [5.74, 6) is -0.432. The molecular weight excluding hydrogens is 488 g/mol. The van der Waals surface area contributed by atoms with Gasteiger partial charge in [-0.15, -0.1) is 0 Å². The van der Waals surface area contributed by atoms with Crippen LogP contribution in [0.25, 0.3) is 0 Å². The fourth-order valence-electron chi connectivity index (χ4n) is 5.51. The van der Waals surface area contributed by atoms with E-state index in [1.54, 1.807) is 40.7 Å². The van der Waals surface area contributed by atoms with Gasteiger partial charge in [-0.05, 0) is 74.9 Å². The Hall–Kier alpha value is -2.46. The number of rotatable bonds is 5. The Bertz CT molecular complexity index is 1290. The first kappa shape index (κ1) is 24.2. The van der Waals surface area contributed by atoms with Gasteiger partial charge in [0.25, 0.3) is 5.91 Å². The molecule has 3 aliphatic rings. The lowest BCUT2D eigenvalue weighted by molar-refractivity contribution is -0.115. The van der Waals surface area contributed by atoms with E-state index in [1.165, 1.54) is 0 Å². The molecule has 0 saturated carbocycles. The van der Waals surface area contributed by atoms with Gasteiger partial charge in [-0.25, -0.2) is 8.42 Å². The normalized spacial score (nSPS) is 24.2. The predicted octanol–water partition coefficient (Wildman–Crippen LogP) is 3.14. The maximum absolute atomic E-state index is 13.5. The van der Waals surface area contributed by atoms with Crippen molar-refractivity contribution in [1.82, 2.24) is 9.62 Å². The van der Waals surface area contributed by atoms with Crippen LogP contribution in [0, 0.1) is 0 Å². The summed E-state index contributed by atoms with van der Waals surface area (Å²) in [6.45, 7) is 3.75. The van der Waals surface area contributed by atoms with Crippen LogP contribution in [0.3, 0.4) is 0 Å². The summed E-state index contributed by atoms with van der Waals surface area (Å²) in [6.07, 6.45) is 2.82. The molecule has 0 aromatic heterocycles. The molecule has 0 unspecified atom stereocenters. The molecule has 2 saturated heterocycles. The van der Waals surface area contributed by atoms with Crippen LogP contribution < -0.4 is 16.4 Å². The molecule has 4 N–H and O–H groups in total. The van der Waals surface area contributed by atoms with Crippen LogP contribution in [0.4, 0.5) is 5.69 Å². The Balaban J connectivity index is 1.30. The highest BCUT2D eigenvalue weighted by Crippen LogP contribution is 2.40. The molecule has 3 heterocycles. The van der Waals surface area contributed by atoms with E-state index >= 15 is 0 Å². The van der Waals surface area contributed by atoms with E-state index in [4.69, 9.17) is 17.3 Å². The van der Waals surface area contributed by atoms with Gasteiger partial charge in [0.1, 0.15) is 0 Å². The zero-order chi connectivity index (χ0) is 25.1. The highest BCUT2D eigenvalue weighted by Gasteiger charge is 2.47. The number of anilines is 1. The van der Waals surface area contributed by atoms with Crippen LogP contribution in [0.5, 0.6) is 0 Å². The van der Waals surface area contributed by atoms with Gasteiger partial charge < -0.3 is 16.4 Å². The fraction of sp³-hybridized carbons (Fsp3) is 0.440. The summed E-state index contributed by atoms with van der Waals surface area (Å²) in [5.41, 5.74) is 8.15. The number of hydrogen-bond acceptors (Lipinski definition) is 5. The lowest BCUT2D eigenvalue weighted by Gasteiger charge is -2.38. The molecule has 2 aromatic rings. The van der Waals surface area contributed by atoms with Gasteiger partial charge >= 0.3 is 0 Å². The third-order valence-corrected chi connectivity index (χ3v) is 9.57. The first-order valence-electron chi connectivity index (χ1n) is 11.8. The number of sulfonamides is 1. The molecule has 0 radical (unpaired) electrons. The number of carbonyl (C=O) groups is 2. The van der Waals surface area contributed by atoms with Crippen LogP contribution >= 0.6 is 11.6 Å². The number of benzene rings is 2. The van der Waals surface area contributed by atoms with Crippen molar-refractivity contribution >= 4 is 39.1 Å². The quantitative estimate of drug-likeness (QED) is 0.563. The van der Waals surface area contributed by atoms with E-state index < -0.39 is 15.6 Å². The zero-order valence-corrected chi connectivity index (χ0v) is 21.2. The van der Waals surface area contributed by atoms with E-state index in [-0.39, 0.29) is 46.3 Å². The van der Waals surface area contributed by atoms with Crippen LogP contribution in [0.1, 0.15) is 61.0 Å². The second-order valence-electron chi connectivity index (χ2n) is 10.3. The molecule has 2 aromatic carbocycles. The molecule has 2 amide bonds. The highest BCUT2D eigenvalue weighted by molar-refractivity contribution is 7.89. The molecule has 0 spiro atoms. The minimum Gasteiger partial charge on any atom is -0.349 e. The van der Waals surface area contributed by atoms with E-state index in [0.717, 1.165) is 24.0 Å². The molecule has 0 aliphatic carbocycles.